The maximum absolute atomic E-state index is 13.4. The topological polar surface area (TPSA) is 94.3 Å². The zero-order valence-corrected chi connectivity index (χ0v) is 27.1. The quantitative estimate of drug-likeness (QED) is 0.114. The maximum atomic E-state index is 13.4. The van der Waals surface area contributed by atoms with Crippen molar-refractivity contribution in [1.29, 1.82) is 0 Å². The smallest absolute Gasteiger partial charge is 1.00 e. The molecule has 44 heavy (non-hydrogen) atoms. The molecule has 2 aromatic carbocycles. The number of anilines is 2. The van der Waals surface area contributed by atoms with Crippen molar-refractivity contribution in [2.45, 2.75) is 6.42 Å². The second-order valence-corrected chi connectivity index (χ2v) is 10.7. The van der Waals surface area contributed by atoms with Gasteiger partial charge in [-0.1, -0.05) is 11.6 Å². The standard InChI is InChI=1S/C20H23ClFN5O2.C6H6.ClH.F6P.Ru/c1-28-18-11-17-14(10-19(18)29-8-2-6-24-7-5-23)20(26-12-25-17)27-13-3-4-16(22)15(21)9-13;1-2-4-6-5-3-1;;1-7(2,3,4,5)6;/h3-4,9-12,24H,2,5-8,23H2,1H3,(H,25,26,27);1-6H;1H;;/q;;;-1;+2/p-1. The molecular formula is C26H29Cl2F7N5O2PRu. The molecule has 4 rings (SSSR count). The van der Waals surface area contributed by atoms with Gasteiger partial charge in [-0.3, -0.25) is 0 Å². The first-order valence-electron chi connectivity index (χ1n) is 12.2. The molecule has 1 fully saturated rings. The Kier molecular flexibility index (Phi) is 17.7. The van der Waals surface area contributed by atoms with Gasteiger partial charge in [0.05, 0.1) is 24.3 Å². The number of ether oxygens (including phenoxy) is 2. The number of halogens is 9. The Morgan fingerprint density at radius 3 is 2.00 bits per heavy atom. The molecule has 1 aromatic heterocycles. The molecule has 6 radical (unpaired) electrons. The van der Waals surface area contributed by atoms with E-state index in [2.05, 4.69) is 20.6 Å². The Morgan fingerprint density at radius 1 is 0.886 bits per heavy atom. The maximum Gasteiger partial charge on any atom is 2.00 e. The molecule has 1 aliphatic rings. The molecule has 0 atom stereocenters. The molecule has 0 unspecified atom stereocenters. The fourth-order valence-corrected chi connectivity index (χ4v) is 3.32. The average molecular weight is 779 g/mol. The Morgan fingerprint density at radius 2 is 1.48 bits per heavy atom. The van der Waals surface area contributed by atoms with Crippen molar-refractivity contribution in [3.05, 3.63) is 86.0 Å². The van der Waals surface area contributed by atoms with E-state index in [9.17, 15) is 29.6 Å². The summed E-state index contributed by atoms with van der Waals surface area (Å²) in [6.45, 7) is 2.71. The molecule has 246 valence electrons. The summed E-state index contributed by atoms with van der Waals surface area (Å²) in [6.07, 6.45) is 14.3. The predicted octanol–water partition coefficient (Wildman–Crippen LogP) is 5.10. The molecule has 0 saturated heterocycles. The summed E-state index contributed by atoms with van der Waals surface area (Å²) in [5, 5.41) is 7.14. The first kappa shape index (κ1) is 42.2. The molecule has 0 bridgehead atoms. The fraction of sp³-hybridized carbons (Fsp3) is 0.231. The van der Waals surface area contributed by atoms with Gasteiger partial charge in [-0.25, -0.2) is 14.4 Å². The number of nitrogens with one attached hydrogen (secondary N) is 2. The summed E-state index contributed by atoms with van der Waals surface area (Å²) < 4.78 is 84.0. The molecule has 7 nitrogen and oxygen atoms in total. The van der Waals surface area contributed by atoms with Crippen LogP contribution >= 0.6 is 19.4 Å². The zero-order chi connectivity index (χ0) is 31.3. The number of hydrogen-bond acceptors (Lipinski definition) is 7. The number of nitrogens with zero attached hydrogens (tertiary/aromatic N) is 2. The molecular weight excluding hydrogens is 750 g/mol. The minimum absolute atomic E-state index is 0. The number of aromatic nitrogens is 2. The summed E-state index contributed by atoms with van der Waals surface area (Å²) in [4.78, 5) is 8.60. The van der Waals surface area contributed by atoms with E-state index in [4.69, 9.17) is 26.8 Å². The molecule has 0 spiro atoms. The van der Waals surface area contributed by atoms with Crippen LogP contribution in [0.2, 0.25) is 5.02 Å². The number of benzene rings is 2. The van der Waals surface area contributed by atoms with E-state index in [-0.39, 0.29) is 36.9 Å². The largest absolute Gasteiger partial charge is 2.00 e. The SMILES string of the molecule is COc1cc2ncnc(Nc3ccc(F)c(Cl)c3)c2cc1OCCCNCCN.F[P-](F)(F)(F)(F)F.[CH]1[CH][CH][CH][CH][CH]1.[Cl-].[Ru+2]. The Hall–Kier alpha value is -1.76. The predicted molar refractivity (Wildman–Crippen MR) is 152 cm³/mol. The van der Waals surface area contributed by atoms with Crippen molar-refractivity contribution in [3.63, 3.8) is 0 Å². The van der Waals surface area contributed by atoms with Crippen LogP contribution in [-0.4, -0.2) is 43.3 Å². The second-order valence-electron chi connectivity index (χ2n) is 8.35. The molecule has 18 heteroatoms. The van der Waals surface area contributed by atoms with E-state index in [0.717, 1.165) is 24.9 Å². The van der Waals surface area contributed by atoms with Crippen LogP contribution in [0, 0.1) is 44.3 Å². The third-order valence-corrected chi connectivity index (χ3v) is 5.14. The van der Waals surface area contributed by atoms with Crippen molar-refractivity contribution < 1.29 is 70.9 Å². The number of hydrogen-bond donors (Lipinski definition) is 3. The molecule has 4 N–H and O–H groups in total. The van der Waals surface area contributed by atoms with Crippen LogP contribution in [0.15, 0.2) is 36.7 Å². The molecule has 0 aliphatic heterocycles. The van der Waals surface area contributed by atoms with Crippen LogP contribution < -0.4 is 38.2 Å². The Labute approximate surface area is 275 Å². The third kappa shape index (κ3) is 18.9. The van der Waals surface area contributed by atoms with Gasteiger partial charge in [0.25, 0.3) is 0 Å². The summed E-state index contributed by atoms with van der Waals surface area (Å²) in [5.74, 6) is 1.25. The first-order chi connectivity index (χ1) is 19.6. The van der Waals surface area contributed by atoms with E-state index in [1.54, 1.807) is 19.2 Å². The van der Waals surface area contributed by atoms with Gasteiger partial charge in [0.15, 0.2) is 11.5 Å². The van der Waals surface area contributed by atoms with Crippen molar-refractivity contribution in [2.75, 3.05) is 38.7 Å². The number of methoxy groups -OCH3 is 1. The van der Waals surface area contributed by atoms with Crippen molar-refractivity contribution >= 4 is 41.8 Å². The minimum Gasteiger partial charge on any atom is -1.00 e. The van der Waals surface area contributed by atoms with E-state index >= 15 is 0 Å². The van der Waals surface area contributed by atoms with Gasteiger partial charge in [-0.2, -0.15) is 0 Å². The number of fused-ring (bicyclic) bond motifs is 1. The van der Waals surface area contributed by atoms with E-state index in [1.165, 1.54) is 18.5 Å². The van der Waals surface area contributed by atoms with E-state index < -0.39 is 13.6 Å². The second kappa shape index (κ2) is 18.4. The molecule has 1 heterocycles. The van der Waals surface area contributed by atoms with Gasteiger partial charge in [0, 0.05) is 30.2 Å². The molecule has 0 amide bonds. The fourth-order valence-electron chi connectivity index (χ4n) is 3.14. The van der Waals surface area contributed by atoms with Gasteiger partial charge >= 0.3 is 52.5 Å². The van der Waals surface area contributed by atoms with Crippen molar-refractivity contribution in [1.82, 2.24) is 15.3 Å². The summed E-state index contributed by atoms with van der Waals surface area (Å²) in [5.41, 5.74) is 6.75. The minimum atomic E-state index is -10.7. The van der Waals surface area contributed by atoms with Crippen LogP contribution in [-0.2, 0) is 19.5 Å². The van der Waals surface area contributed by atoms with E-state index in [1.807, 2.05) is 44.6 Å². The molecule has 1 saturated carbocycles. The van der Waals surface area contributed by atoms with Crippen molar-refractivity contribution in [3.8, 4) is 11.5 Å². The van der Waals surface area contributed by atoms with Crippen LogP contribution in [0.4, 0.5) is 41.1 Å². The van der Waals surface area contributed by atoms with E-state index in [0.29, 0.717) is 41.7 Å². The summed E-state index contributed by atoms with van der Waals surface area (Å²) >= 11 is 5.87. The summed E-state index contributed by atoms with van der Waals surface area (Å²) in [7, 11) is -9.08. The number of nitrogens with two attached hydrogens (primary N) is 1. The number of rotatable bonds is 10. The van der Waals surface area contributed by atoms with Crippen LogP contribution in [0.5, 0.6) is 11.5 Å². The Balaban J connectivity index is 0.00000103. The van der Waals surface area contributed by atoms with Crippen LogP contribution in [0.1, 0.15) is 6.42 Å². The van der Waals surface area contributed by atoms with Gasteiger partial charge in [-0.05, 0) is 75.8 Å². The van der Waals surface area contributed by atoms with Crippen LogP contribution in [0.3, 0.4) is 0 Å². The Bertz CT molecular complexity index is 1270. The molecule has 1 aliphatic carbocycles. The zero-order valence-electron chi connectivity index (χ0n) is 23.0. The average Bonchev–Trinajstić information content (AvgIpc) is 2.92. The summed E-state index contributed by atoms with van der Waals surface area (Å²) in [6, 6.07) is 8.01. The van der Waals surface area contributed by atoms with Crippen molar-refractivity contribution in [2.24, 2.45) is 5.73 Å². The van der Waals surface area contributed by atoms with Gasteiger partial charge in [-0.15, -0.1) is 0 Å². The van der Waals surface area contributed by atoms with Gasteiger partial charge in [0.2, 0.25) is 0 Å². The molecule has 3 aromatic rings. The van der Waals surface area contributed by atoms with Gasteiger partial charge < -0.3 is 38.2 Å². The van der Waals surface area contributed by atoms with Gasteiger partial charge in [0.1, 0.15) is 18.0 Å². The normalized spacial score (nSPS) is 14.1. The first-order valence-corrected chi connectivity index (χ1v) is 14.6. The monoisotopic (exact) mass is 779 g/mol. The third-order valence-electron chi connectivity index (χ3n) is 4.85. The van der Waals surface area contributed by atoms with Crippen LogP contribution in [0.25, 0.3) is 10.9 Å².